The smallest absolute Gasteiger partial charge is 0.273 e. The monoisotopic (exact) mass is 343 g/mol. The maximum absolute atomic E-state index is 12.7. The summed E-state index contributed by atoms with van der Waals surface area (Å²) in [5.74, 6) is 0. The highest BCUT2D eigenvalue weighted by Crippen LogP contribution is 2.28. The van der Waals surface area contributed by atoms with Gasteiger partial charge in [0.2, 0.25) is 0 Å². The lowest BCUT2D eigenvalue weighted by Gasteiger charge is -2.12. The van der Waals surface area contributed by atoms with E-state index in [1.807, 2.05) is 12.1 Å². The molecule has 0 amide bonds. The van der Waals surface area contributed by atoms with Gasteiger partial charge in [0.25, 0.3) is 15.7 Å². The summed E-state index contributed by atoms with van der Waals surface area (Å²) >= 11 is 0. The van der Waals surface area contributed by atoms with Gasteiger partial charge in [-0.1, -0.05) is 24.3 Å². The number of nitro groups is 1. The van der Waals surface area contributed by atoms with E-state index in [4.69, 9.17) is 0 Å². The zero-order valence-corrected chi connectivity index (χ0v) is 13.4. The van der Waals surface area contributed by atoms with Crippen LogP contribution in [0.1, 0.15) is 5.56 Å². The van der Waals surface area contributed by atoms with Gasteiger partial charge in [-0.25, -0.2) is 8.42 Å². The summed E-state index contributed by atoms with van der Waals surface area (Å²) in [7, 11) is -3.99. The van der Waals surface area contributed by atoms with Gasteiger partial charge >= 0.3 is 0 Å². The fourth-order valence-corrected chi connectivity index (χ4v) is 3.81. The Morgan fingerprint density at radius 3 is 2.54 bits per heavy atom. The Hall–Kier alpha value is -3.00. The minimum absolute atomic E-state index is 0.0863. The third-order valence-corrected chi connectivity index (χ3v) is 5.13. The van der Waals surface area contributed by atoms with Crippen LogP contribution in [0.25, 0.3) is 10.9 Å². The predicted octanol–water partition coefficient (Wildman–Crippen LogP) is 3.25. The second-order valence-corrected chi connectivity index (χ2v) is 6.79. The second-order valence-electron chi connectivity index (χ2n) is 5.14. The number of hydrogen-bond donors (Lipinski definition) is 1. The van der Waals surface area contributed by atoms with Crippen molar-refractivity contribution in [1.29, 1.82) is 0 Å². The van der Waals surface area contributed by atoms with Crippen molar-refractivity contribution in [3.63, 3.8) is 0 Å². The first-order valence-electron chi connectivity index (χ1n) is 7.01. The molecule has 7 nitrogen and oxygen atoms in total. The van der Waals surface area contributed by atoms with Crippen LogP contribution in [0.15, 0.2) is 59.6 Å². The summed E-state index contributed by atoms with van der Waals surface area (Å²) in [4.78, 5) is 14.5. The molecule has 0 aliphatic rings. The van der Waals surface area contributed by atoms with E-state index in [2.05, 4.69) is 9.71 Å². The summed E-state index contributed by atoms with van der Waals surface area (Å²) in [6.45, 7) is 1.41. The largest absolute Gasteiger partial charge is 0.277 e. The Labute approximate surface area is 138 Å². The number of aromatic nitrogens is 1. The Kier molecular flexibility index (Phi) is 3.90. The number of nitrogens with zero attached hydrogens (tertiary/aromatic N) is 2. The number of hydrogen-bond acceptors (Lipinski definition) is 5. The summed E-state index contributed by atoms with van der Waals surface area (Å²) < 4.78 is 27.8. The molecule has 122 valence electrons. The van der Waals surface area contributed by atoms with Crippen LogP contribution in [0, 0.1) is 17.0 Å². The summed E-state index contributed by atoms with van der Waals surface area (Å²) in [6.07, 6.45) is 1.57. The molecule has 1 aromatic heterocycles. The van der Waals surface area contributed by atoms with Gasteiger partial charge in [-0.05, 0) is 25.1 Å². The van der Waals surface area contributed by atoms with Crippen LogP contribution < -0.4 is 4.72 Å². The molecule has 0 fully saturated rings. The molecule has 0 saturated heterocycles. The highest BCUT2D eigenvalue weighted by molar-refractivity contribution is 7.92. The van der Waals surface area contributed by atoms with Crippen LogP contribution >= 0.6 is 0 Å². The van der Waals surface area contributed by atoms with Crippen molar-refractivity contribution in [2.24, 2.45) is 0 Å². The van der Waals surface area contributed by atoms with Crippen LogP contribution in [0.4, 0.5) is 11.4 Å². The van der Waals surface area contributed by atoms with Gasteiger partial charge in [-0.15, -0.1) is 0 Å². The quantitative estimate of drug-likeness (QED) is 0.578. The molecule has 24 heavy (non-hydrogen) atoms. The number of anilines is 1. The van der Waals surface area contributed by atoms with Gasteiger partial charge in [0.05, 0.1) is 21.0 Å². The van der Waals surface area contributed by atoms with Crippen molar-refractivity contribution in [2.75, 3.05) is 4.72 Å². The van der Waals surface area contributed by atoms with Gasteiger partial charge in [-0.2, -0.15) is 0 Å². The van der Waals surface area contributed by atoms with E-state index >= 15 is 0 Å². The van der Waals surface area contributed by atoms with Crippen LogP contribution in [0.2, 0.25) is 0 Å². The molecule has 0 unspecified atom stereocenters. The normalized spacial score (nSPS) is 11.4. The lowest BCUT2D eigenvalue weighted by Crippen LogP contribution is -2.15. The number of pyridine rings is 1. The molecular weight excluding hydrogens is 330 g/mol. The molecule has 0 atom stereocenters. The van der Waals surface area contributed by atoms with Gasteiger partial charge in [0, 0.05) is 23.2 Å². The lowest BCUT2D eigenvalue weighted by molar-refractivity contribution is -0.385. The zero-order chi connectivity index (χ0) is 17.3. The number of nitro benzene ring substituents is 1. The van der Waals surface area contributed by atoms with Crippen molar-refractivity contribution in [1.82, 2.24) is 4.98 Å². The van der Waals surface area contributed by atoms with E-state index in [0.29, 0.717) is 11.2 Å². The summed E-state index contributed by atoms with van der Waals surface area (Å²) in [5, 5.41) is 11.8. The lowest BCUT2D eigenvalue weighted by atomic mass is 10.2. The standard InChI is InChI=1S/C16H13N3O4S/c1-11-14(19(20)21)8-3-9-15(11)24(22,23)18-13-7-2-5-12-6-4-10-17-16(12)13/h2-10,18H,1H3. The van der Waals surface area contributed by atoms with Crippen LogP contribution in [0.3, 0.4) is 0 Å². The maximum atomic E-state index is 12.7. The second kappa shape index (κ2) is 5.89. The molecule has 0 saturated carbocycles. The van der Waals surface area contributed by atoms with E-state index in [9.17, 15) is 18.5 Å². The van der Waals surface area contributed by atoms with Crippen molar-refractivity contribution >= 4 is 32.3 Å². The van der Waals surface area contributed by atoms with Gasteiger partial charge in [-0.3, -0.25) is 19.8 Å². The number of rotatable bonds is 4. The van der Waals surface area contributed by atoms with E-state index in [1.54, 1.807) is 24.4 Å². The van der Waals surface area contributed by atoms with Crippen LogP contribution in [-0.2, 0) is 10.0 Å². The fraction of sp³-hybridized carbons (Fsp3) is 0.0625. The molecule has 8 heteroatoms. The molecule has 1 N–H and O–H groups in total. The molecule has 3 rings (SSSR count). The van der Waals surface area contributed by atoms with Gasteiger partial charge < -0.3 is 0 Å². The molecule has 0 aliphatic heterocycles. The van der Waals surface area contributed by atoms with Crippen LogP contribution in [0.5, 0.6) is 0 Å². The van der Waals surface area contributed by atoms with E-state index in [1.165, 1.54) is 25.1 Å². The molecule has 1 heterocycles. The minimum Gasteiger partial charge on any atom is -0.277 e. The average molecular weight is 343 g/mol. The molecule has 0 radical (unpaired) electrons. The Bertz CT molecular complexity index is 1040. The Balaban J connectivity index is 2.09. The summed E-state index contributed by atoms with van der Waals surface area (Å²) in [6, 6.07) is 12.7. The third-order valence-electron chi connectivity index (χ3n) is 3.62. The number of para-hydroxylation sites is 1. The van der Waals surface area contributed by atoms with Crippen molar-refractivity contribution in [2.45, 2.75) is 11.8 Å². The molecular formula is C16H13N3O4S. The molecule has 3 aromatic rings. The molecule has 0 aliphatic carbocycles. The number of fused-ring (bicyclic) bond motifs is 1. The highest BCUT2D eigenvalue weighted by Gasteiger charge is 2.23. The predicted molar refractivity (Wildman–Crippen MR) is 90.4 cm³/mol. The highest BCUT2D eigenvalue weighted by atomic mass is 32.2. The maximum Gasteiger partial charge on any atom is 0.273 e. The minimum atomic E-state index is -3.99. The number of sulfonamides is 1. The first-order chi connectivity index (χ1) is 11.4. The number of benzene rings is 2. The van der Waals surface area contributed by atoms with Crippen molar-refractivity contribution in [3.8, 4) is 0 Å². The topological polar surface area (TPSA) is 102 Å². The summed E-state index contributed by atoms with van der Waals surface area (Å²) in [5.41, 5.74) is 0.669. The van der Waals surface area contributed by atoms with Gasteiger partial charge in [0.15, 0.2) is 0 Å². The molecule has 0 bridgehead atoms. The first-order valence-corrected chi connectivity index (χ1v) is 8.49. The van der Waals surface area contributed by atoms with E-state index < -0.39 is 14.9 Å². The Morgan fingerprint density at radius 1 is 1.08 bits per heavy atom. The average Bonchev–Trinajstić information content (AvgIpc) is 2.54. The fourth-order valence-electron chi connectivity index (χ4n) is 2.48. The van der Waals surface area contributed by atoms with Crippen LogP contribution in [-0.4, -0.2) is 18.3 Å². The Morgan fingerprint density at radius 2 is 1.79 bits per heavy atom. The van der Waals surface area contributed by atoms with Crippen molar-refractivity contribution in [3.05, 3.63) is 70.4 Å². The first kappa shape index (κ1) is 15.9. The van der Waals surface area contributed by atoms with Gasteiger partial charge in [0.1, 0.15) is 0 Å². The van der Waals surface area contributed by atoms with Crippen molar-refractivity contribution < 1.29 is 13.3 Å². The van der Waals surface area contributed by atoms with E-state index in [-0.39, 0.29) is 16.1 Å². The third kappa shape index (κ3) is 2.79. The molecule has 0 spiro atoms. The zero-order valence-electron chi connectivity index (χ0n) is 12.6. The number of nitrogens with one attached hydrogen (secondary N) is 1. The SMILES string of the molecule is Cc1c([N+](=O)[O-])cccc1S(=O)(=O)Nc1cccc2cccnc12. The van der Waals surface area contributed by atoms with E-state index in [0.717, 1.165) is 5.39 Å². The molecule has 2 aromatic carbocycles.